The quantitative estimate of drug-likeness (QED) is 0.518. The van der Waals surface area contributed by atoms with E-state index in [1.54, 1.807) is 0 Å². The van der Waals surface area contributed by atoms with Gasteiger partial charge in [0.25, 0.3) is 0 Å². The van der Waals surface area contributed by atoms with Crippen molar-refractivity contribution in [3.8, 4) is 0 Å². The Balaban J connectivity index is 3.11. The highest BCUT2D eigenvalue weighted by Gasteiger charge is 2.13. The first-order valence-corrected chi connectivity index (χ1v) is 3.52. The minimum absolute atomic E-state index is 0.133. The van der Waals surface area contributed by atoms with Gasteiger partial charge in [0.15, 0.2) is 17.4 Å². The predicted molar refractivity (Wildman–Crippen MR) is 41.4 cm³/mol. The van der Waals surface area contributed by atoms with Crippen molar-refractivity contribution in [2.45, 2.75) is 6.92 Å². The second kappa shape index (κ2) is 3.43. The molecule has 13 heavy (non-hydrogen) atoms. The Morgan fingerprint density at radius 2 is 1.77 bits per heavy atom. The van der Waals surface area contributed by atoms with Crippen molar-refractivity contribution in [2.75, 3.05) is 0 Å². The lowest BCUT2D eigenvalue weighted by atomic mass is 10.1. The first kappa shape index (κ1) is 9.51. The molecule has 0 atom stereocenters. The average molecular weight is 184 g/mol. The number of rotatable bonds is 2. The molecule has 68 valence electrons. The van der Waals surface area contributed by atoms with Crippen LogP contribution in [0.4, 0.5) is 8.78 Å². The summed E-state index contributed by atoms with van der Waals surface area (Å²) in [5.41, 5.74) is -0.133. The van der Waals surface area contributed by atoms with Gasteiger partial charge in [-0.25, -0.2) is 8.78 Å². The van der Waals surface area contributed by atoms with Crippen LogP contribution in [0.15, 0.2) is 18.2 Å². The number of ketones is 2. The first-order chi connectivity index (χ1) is 6.02. The number of carbonyl (C=O) groups excluding carboxylic acids is 2. The Kier molecular flexibility index (Phi) is 2.51. The topological polar surface area (TPSA) is 34.1 Å². The fourth-order valence-corrected chi connectivity index (χ4v) is 0.841. The summed E-state index contributed by atoms with van der Waals surface area (Å²) in [6, 6.07) is 2.59. The fraction of sp³-hybridized carbons (Fsp3) is 0.111. The molecular formula is C9H6F2O2. The Morgan fingerprint density at radius 3 is 2.23 bits per heavy atom. The van der Waals surface area contributed by atoms with Crippen LogP contribution in [-0.2, 0) is 4.79 Å². The summed E-state index contributed by atoms with van der Waals surface area (Å²) in [4.78, 5) is 21.5. The van der Waals surface area contributed by atoms with Crippen molar-refractivity contribution in [1.29, 1.82) is 0 Å². The van der Waals surface area contributed by atoms with E-state index in [2.05, 4.69) is 0 Å². The molecule has 0 saturated heterocycles. The van der Waals surface area contributed by atoms with Crippen molar-refractivity contribution in [3.63, 3.8) is 0 Å². The number of Topliss-reactive ketones (excluding diaryl/α,β-unsaturated/α-hetero) is 2. The molecule has 0 amide bonds. The van der Waals surface area contributed by atoms with Crippen molar-refractivity contribution in [1.82, 2.24) is 0 Å². The minimum atomic E-state index is -1.13. The lowest BCUT2D eigenvalue weighted by molar-refractivity contribution is -0.113. The molecule has 0 aliphatic carbocycles. The lowest BCUT2D eigenvalue weighted by Gasteiger charge is -1.97. The Bertz CT molecular complexity index is 372. The number of hydrogen-bond donors (Lipinski definition) is 0. The molecule has 0 unspecified atom stereocenters. The van der Waals surface area contributed by atoms with Gasteiger partial charge < -0.3 is 0 Å². The monoisotopic (exact) mass is 184 g/mol. The summed E-state index contributed by atoms with van der Waals surface area (Å²) in [5, 5.41) is 0. The van der Waals surface area contributed by atoms with Crippen LogP contribution >= 0.6 is 0 Å². The van der Waals surface area contributed by atoms with Gasteiger partial charge in [-0.1, -0.05) is 0 Å². The average Bonchev–Trinajstić information content (AvgIpc) is 2.08. The molecule has 0 aliphatic rings. The predicted octanol–water partition coefficient (Wildman–Crippen LogP) is 1.74. The van der Waals surface area contributed by atoms with Gasteiger partial charge in [-0.05, 0) is 18.2 Å². The van der Waals surface area contributed by atoms with E-state index in [0.717, 1.165) is 19.1 Å². The van der Waals surface area contributed by atoms with Gasteiger partial charge in [0.05, 0.1) is 0 Å². The minimum Gasteiger partial charge on any atom is -0.291 e. The van der Waals surface area contributed by atoms with Crippen molar-refractivity contribution in [3.05, 3.63) is 35.4 Å². The molecule has 0 radical (unpaired) electrons. The summed E-state index contributed by atoms with van der Waals surface area (Å²) in [6.45, 7) is 1.07. The number of carbonyl (C=O) groups is 2. The van der Waals surface area contributed by atoms with E-state index >= 15 is 0 Å². The summed E-state index contributed by atoms with van der Waals surface area (Å²) >= 11 is 0. The van der Waals surface area contributed by atoms with Gasteiger partial charge in [-0.15, -0.1) is 0 Å². The van der Waals surface area contributed by atoms with Gasteiger partial charge in [-0.3, -0.25) is 9.59 Å². The Labute approximate surface area is 73.2 Å². The van der Waals surface area contributed by atoms with Crippen LogP contribution in [-0.4, -0.2) is 11.6 Å². The van der Waals surface area contributed by atoms with Gasteiger partial charge in [0, 0.05) is 12.5 Å². The molecule has 1 rings (SSSR count). The maximum absolute atomic E-state index is 12.6. The first-order valence-electron chi connectivity index (χ1n) is 3.52. The second-order valence-electron chi connectivity index (χ2n) is 2.51. The van der Waals surface area contributed by atoms with E-state index in [1.807, 2.05) is 0 Å². The largest absolute Gasteiger partial charge is 0.291 e. The van der Waals surface area contributed by atoms with Crippen LogP contribution < -0.4 is 0 Å². The van der Waals surface area contributed by atoms with Crippen LogP contribution in [0.2, 0.25) is 0 Å². The molecule has 0 aromatic heterocycles. The van der Waals surface area contributed by atoms with E-state index in [1.165, 1.54) is 0 Å². The molecule has 1 aromatic carbocycles. The van der Waals surface area contributed by atoms with Gasteiger partial charge in [-0.2, -0.15) is 0 Å². The molecule has 2 nitrogen and oxygen atoms in total. The van der Waals surface area contributed by atoms with Crippen LogP contribution in [0.3, 0.4) is 0 Å². The molecule has 0 bridgehead atoms. The SMILES string of the molecule is CC(=O)C(=O)c1ccc(F)c(F)c1. The number of benzene rings is 1. The zero-order chi connectivity index (χ0) is 10.0. The van der Waals surface area contributed by atoms with Crippen LogP contribution in [0.5, 0.6) is 0 Å². The number of halogens is 2. The van der Waals surface area contributed by atoms with Crippen LogP contribution in [0, 0.1) is 11.6 Å². The molecule has 1 aromatic rings. The van der Waals surface area contributed by atoms with Crippen LogP contribution in [0.25, 0.3) is 0 Å². The van der Waals surface area contributed by atoms with E-state index in [4.69, 9.17) is 0 Å². The third-order valence-corrected chi connectivity index (χ3v) is 1.50. The third kappa shape index (κ3) is 1.96. The van der Waals surface area contributed by atoms with Crippen molar-refractivity contribution >= 4 is 11.6 Å². The summed E-state index contributed by atoms with van der Waals surface area (Å²) in [5.74, 6) is -3.70. The smallest absolute Gasteiger partial charge is 0.228 e. The van der Waals surface area contributed by atoms with Crippen molar-refractivity contribution < 1.29 is 18.4 Å². The van der Waals surface area contributed by atoms with Gasteiger partial charge in [0.2, 0.25) is 5.78 Å². The molecule has 0 heterocycles. The Morgan fingerprint density at radius 1 is 1.15 bits per heavy atom. The maximum atomic E-state index is 12.6. The zero-order valence-corrected chi connectivity index (χ0v) is 6.80. The second-order valence-corrected chi connectivity index (χ2v) is 2.51. The highest BCUT2D eigenvalue weighted by Crippen LogP contribution is 2.09. The highest BCUT2D eigenvalue weighted by molar-refractivity contribution is 6.42. The standard InChI is InChI=1S/C9H6F2O2/c1-5(12)9(13)6-2-3-7(10)8(11)4-6/h2-4H,1H3. The summed E-state index contributed by atoms with van der Waals surface area (Å²) < 4.78 is 25.0. The van der Waals surface area contributed by atoms with E-state index in [0.29, 0.717) is 6.07 Å². The molecule has 0 aliphatic heterocycles. The van der Waals surface area contributed by atoms with E-state index < -0.39 is 23.2 Å². The van der Waals surface area contributed by atoms with Gasteiger partial charge >= 0.3 is 0 Å². The zero-order valence-electron chi connectivity index (χ0n) is 6.80. The summed E-state index contributed by atoms with van der Waals surface area (Å²) in [7, 11) is 0. The highest BCUT2D eigenvalue weighted by atomic mass is 19.2. The van der Waals surface area contributed by atoms with Crippen LogP contribution in [0.1, 0.15) is 17.3 Å². The number of hydrogen-bond acceptors (Lipinski definition) is 2. The molecule has 0 saturated carbocycles. The Hall–Kier alpha value is -1.58. The molecule has 4 heteroatoms. The van der Waals surface area contributed by atoms with Crippen molar-refractivity contribution in [2.24, 2.45) is 0 Å². The lowest BCUT2D eigenvalue weighted by Crippen LogP contribution is -2.10. The maximum Gasteiger partial charge on any atom is 0.228 e. The summed E-state index contributed by atoms with van der Waals surface area (Å²) in [6.07, 6.45) is 0. The third-order valence-electron chi connectivity index (χ3n) is 1.50. The van der Waals surface area contributed by atoms with Gasteiger partial charge in [0.1, 0.15) is 0 Å². The molecule has 0 spiro atoms. The van der Waals surface area contributed by atoms with E-state index in [9.17, 15) is 18.4 Å². The normalized spacial score (nSPS) is 9.77. The fourth-order valence-electron chi connectivity index (χ4n) is 0.841. The molecular weight excluding hydrogens is 178 g/mol. The van der Waals surface area contributed by atoms with E-state index in [-0.39, 0.29) is 5.56 Å². The molecule has 0 N–H and O–H groups in total. The molecule has 0 fully saturated rings.